The average molecular weight is 318 g/mol. The third kappa shape index (κ3) is 2.99. The summed E-state index contributed by atoms with van der Waals surface area (Å²) in [6, 6.07) is 4.90. The maximum Gasteiger partial charge on any atom is 0.407 e. The van der Waals surface area contributed by atoms with Crippen LogP contribution in [0.5, 0.6) is 0 Å². The third-order valence-electron chi connectivity index (χ3n) is 3.57. The maximum atomic E-state index is 11.3. The van der Waals surface area contributed by atoms with Crippen molar-refractivity contribution in [3.8, 4) is 0 Å². The summed E-state index contributed by atoms with van der Waals surface area (Å²) in [4.78, 5) is 23.6. The maximum absolute atomic E-state index is 11.3. The van der Waals surface area contributed by atoms with Crippen molar-refractivity contribution in [3.05, 3.63) is 33.8 Å². The number of rotatable bonds is 2. The molecule has 2 N–H and O–H groups in total. The first kappa shape index (κ1) is 14.9. The van der Waals surface area contributed by atoms with E-state index in [4.69, 9.17) is 28.3 Å². The first-order chi connectivity index (χ1) is 9.40. The van der Waals surface area contributed by atoms with E-state index < -0.39 is 23.9 Å². The van der Waals surface area contributed by atoms with E-state index in [9.17, 15) is 14.7 Å². The molecule has 0 aliphatic carbocycles. The molecule has 0 radical (unpaired) electrons. The number of piperidine rings is 1. The molecule has 7 heteroatoms. The molecule has 1 fully saturated rings. The zero-order valence-electron chi connectivity index (χ0n) is 10.4. The fourth-order valence-corrected chi connectivity index (χ4v) is 2.81. The molecule has 1 aromatic rings. The van der Waals surface area contributed by atoms with E-state index in [1.165, 1.54) is 4.90 Å². The number of hydrogen-bond acceptors (Lipinski definition) is 2. The Morgan fingerprint density at radius 2 is 1.90 bits per heavy atom. The van der Waals surface area contributed by atoms with Gasteiger partial charge >= 0.3 is 12.1 Å². The van der Waals surface area contributed by atoms with Gasteiger partial charge in [0.1, 0.15) is 0 Å². The normalized spacial score (nSPS) is 22.6. The zero-order valence-corrected chi connectivity index (χ0v) is 11.9. The van der Waals surface area contributed by atoms with Crippen LogP contribution in [-0.4, -0.2) is 40.3 Å². The van der Waals surface area contributed by atoms with Crippen LogP contribution in [0, 0.1) is 5.92 Å². The lowest BCUT2D eigenvalue weighted by molar-refractivity contribution is -0.144. The summed E-state index contributed by atoms with van der Waals surface area (Å²) in [7, 11) is 0. The highest BCUT2D eigenvalue weighted by atomic mass is 35.5. The number of amides is 1. The predicted octanol–water partition coefficient (Wildman–Crippen LogP) is 3.16. The molecule has 2 rings (SSSR count). The molecule has 108 valence electrons. The predicted molar refractivity (Wildman–Crippen MR) is 74.5 cm³/mol. The number of carbonyl (C=O) groups is 2. The van der Waals surface area contributed by atoms with Crippen LogP contribution in [0.25, 0.3) is 0 Å². The second-order valence-electron chi connectivity index (χ2n) is 4.74. The fourth-order valence-electron chi connectivity index (χ4n) is 2.50. The van der Waals surface area contributed by atoms with Gasteiger partial charge in [-0.05, 0) is 24.1 Å². The second-order valence-corrected chi connectivity index (χ2v) is 5.56. The third-order valence-corrected chi connectivity index (χ3v) is 4.31. The van der Waals surface area contributed by atoms with Crippen molar-refractivity contribution < 1.29 is 19.8 Å². The molecular weight excluding hydrogens is 305 g/mol. The van der Waals surface area contributed by atoms with E-state index >= 15 is 0 Å². The van der Waals surface area contributed by atoms with Crippen LogP contribution in [0.2, 0.25) is 10.0 Å². The Kier molecular flexibility index (Phi) is 4.40. The topological polar surface area (TPSA) is 77.8 Å². The molecule has 1 aliphatic heterocycles. The lowest BCUT2D eigenvalue weighted by Crippen LogP contribution is -2.44. The molecule has 0 aromatic heterocycles. The Hall–Kier alpha value is -1.46. The fraction of sp³-hybridized carbons (Fsp3) is 0.385. The van der Waals surface area contributed by atoms with Gasteiger partial charge in [-0.2, -0.15) is 0 Å². The van der Waals surface area contributed by atoms with Crippen molar-refractivity contribution in [2.45, 2.75) is 12.3 Å². The molecule has 0 saturated carbocycles. The Morgan fingerprint density at radius 1 is 1.20 bits per heavy atom. The summed E-state index contributed by atoms with van der Waals surface area (Å²) >= 11 is 11.8. The summed E-state index contributed by atoms with van der Waals surface area (Å²) in [5.74, 6) is -1.97. The molecule has 0 unspecified atom stereocenters. The molecule has 0 spiro atoms. The molecule has 2 atom stereocenters. The van der Waals surface area contributed by atoms with E-state index in [0.717, 1.165) is 0 Å². The van der Waals surface area contributed by atoms with Crippen molar-refractivity contribution in [2.75, 3.05) is 13.1 Å². The molecule has 1 saturated heterocycles. The van der Waals surface area contributed by atoms with Crippen molar-refractivity contribution in [1.82, 2.24) is 4.90 Å². The molecule has 5 nitrogen and oxygen atoms in total. The Balaban J connectivity index is 2.33. The molecule has 1 amide bonds. The van der Waals surface area contributed by atoms with Crippen LogP contribution < -0.4 is 0 Å². The van der Waals surface area contributed by atoms with Gasteiger partial charge in [-0.15, -0.1) is 0 Å². The number of carboxylic acid groups (broad SMARTS) is 2. The van der Waals surface area contributed by atoms with Gasteiger partial charge in [-0.3, -0.25) is 4.79 Å². The van der Waals surface area contributed by atoms with Gasteiger partial charge in [-0.25, -0.2) is 4.79 Å². The number of halogens is 2. The van der Waals surface area contributed by atoms with Crippen LogP contribution in [0.1, 0.15) is 17.9 Å². The highest BCUT2D eigenvalue weighted by molar-refractivity contribution is 6.42. The van der Waals surface area contributed by atoms with Gasteiger partial charge in [0, 0.05) is 19.0 Å². The molecule has 1 aliphatic rings. The lowest BCUT2D eigenvalue weighted by atomic mass is 9.81. The van der Waals surface area contributed by atoms with Gasteiger partial charge < -0.3 is 15.1 Å². The molecule has 1 heterocycles. The van der Waals surface area contributed by atoms with Gasteiger partial charge in [0.05, 0.1) is 16.0 Å². The zero-order chi connectivity index (χ0) is 14.9. The van der Waals surface area contributed by atoms with E-state index in [1.54, 1.807) is 18.2 Å². The van der Waals surface area contributed by atoms with Gasteiger partial charge in [0.2, 0.25) is 0 Å². The number of hydrogen-bond donors (Lipinski definition) is 2. The average Bonchev–Trinajstić information content (AvgIpc) is 2.41. The molecular formula is C13H13Cl2NO4. The first-order valence-corrected chi connectivity index (χ1v) is 6.81. The van der Waals surface area contributed by atoms with Crippen LogP contribution in [0.3, 0.4) is 0 Å². The molecule has 20 heavy (non-hydrogen) atoms. The number of likely N-dealkylation sites (tertiary alicyclic amines) is 1. The van der Waals surface area contributed by atoms with Crippen molar-refractivity contribution >= 4 is 35.3 Å². The molecule has 1 aromatic carbocycles. The Morgan fingerprint density at radius 3 is 2.45 bits per heavy atom. The van der Waals surface area contributed by atoms with Gasteiger partial charge in [0.25, 0.3) is 0 Å². The summed E-state index contributed by atoms with van der Waals surface area (Å²) in [6.07, 6.45) is -0.758. The number of aliphatic carboxylic acids is 1. The number of benzene rings is 1. The van der Waals surface area contributed by atoms with E-state index in [1.807, 2.05) is 0 Å². The SMILES string of the molecule is O=C(O)[C@H]1CCN(C(=O)O)C[C@@H]1c1ccc(Cl)c(Cl)c1. The highest BCUT2D eigenvalue weighted by Gasteiger charge is 2.36. The van der Waals surface area contributed by atoms with E-state index in [2.05, 4.69) is 0 Å². The summed E-state index contributed by atoms with van der Waals surface area (Å²) in [5.41, 5.74) is 0.692. The summed E-state index contributed by atoms with van der Waals surface area (Å²) < 4.78 is 0. The minimum atomic E-state index is -1.04. The first-order valence-electron chi connectivity index (χ1n) is 6.05. The van der Waals surface area contributed by atoms with E-state index in [0.29, 0.717) is 15.6 Å². The summed E-state index contributed by atoms with van der Waals surface area (Å²) in [6.45, 7) is 0.369. The van der Waals surface area contributed by atoms with Crippen LogP contribution >= 0.6 is 23.2 Å². The Labute approximate surface area is 125 Å². The van der Waals surface area contributed by atoms with Gasteiger partial charge in [-0.1, -0.05) is 29.3 Å². The van der Waals surface area contributed by atoms with Crippen LogP contribution in [0.4, 0.5) is 4.79 Å². The monoisotopic (exact) mass is 317 g/mol. The quantitative estimate of drug-likeness (QED) is 0.878. The number of nitrogens with zero attached hydrogens (tertiary/aromatic N) is 1. The second kappa shape index (κ2) is 5.89. The molecule has 0 bridgehead atoms. The minimum Gasteiger partial charge on any atom is -0.481 e. The van der Waals surface area contributed by atoms with Crippen LogP contribution in [0.15, 0.2) is 18.2 Å². The van der Waals surface area contributed by atoms with Gasteiger partial charge in [0.15, 0.2) is 0 Å². The minimum absolute atomic E-state index is 0.143. The van der Waals surface area contributed by atoms with Crippen molar-refractivity contribution in [3.63, 3.8) is 0 Å². The standard InChI is InChI=1S/C13H13Cl2NO4/c14-10-2-1-7(5-11(10)15)9-6-16(13(19)20)4-3-8(9)12(17)18/h1-2,5,8-9H,3-4,6H2,(H,17,18)(H,19,20)/t8-,9+/m0/s1. The lowest BCUT2D eigenvalue weighted by Gasteiger charge is -2.35. The smallest absolute Gasteiger partial charge is 0.407 e. The van der Waals surface area contributed by atoms with Crippen molar-refractivity contribution in [2.24, 2.45) is 5.92 Å². The summed E-state index contributed by atoms with van der Waals surface area (Å²) in [5, 5.41) is 19.1. The number of carboxylic acids is 1. The highest BCUT2D eigenvalue weighted by Crippen LogP contribution is 2.35. The largest absolute Gasteiger partial charge is 0.481 e. The van der Waals surface area contributed by atoms with Crippen molar-refractivity contribution in [1.29, 1.82) is 0 Å². The van der Waals surface area contributed by atoms with E-state index in [-0.39, 0.29) is 19.5 Å². The van der Waals surface area contributed by atoms with Crippen LogP contribution in [-0.2, 0) is 4.79 Å². The Bertz CT molecular complexity index is 549.